The quantitative estimate of drug-likeness (QED) is 0.919. The van der Waals surface area contributed by atoms with Crippen molar-refractivity contribution in [2.45, 2.75) is 25.3 Å². The molecule has 1 N–H and O–H groups in total. The Bertz CT molecular complexity index is 540. The molecule has 1 atom stereocenters. The minimum absolute atomic E-state index is 0.370. The number of anilines is 1. The van der Waals surface area contributed by atoms with Gasteiger partial charge in [-0.3, -0.25) is 9.97 Å². The van der Waals surface area contributed by atoms with Gasteiger partial charge in [-0.1, -0.05) is 0 Å². The number of rotatable bonds is 3. The van der Waals surface area contributed by atoms with Crippen LogP contribution in [0.4, 0.5) is 5.95 Å². The highest BCUT2D eigenvalue weighted by Crippen LogP contribution is 2.16. The molecular formula is C14H17N5O. The van der Waals surface area contributed by atoms with Gasteiger partial charge < -0.3 is 10.1 Å². The molecule has 3 rings (SSSR count). The lowest BCUT2D eigenvalue weighted by Gasteiger charge is -2.15. The van der Waals surface area contributed by atoms with Crippen LogP contribution >= 0.6 is 0 Å². The highest BCUT2D eigenvalue weighted by Gasteiger charge is 2.13. The Morgan fingerprint density at radius 1 is 1.05 bits per heavy atom. The Hall–Kier alpha value is -2.08. The standard InChI is InChI=1S/C14H17N5O/c1-2-11(4-9-20-8-1)18-14-17-5-3-12(19-14)13-10-15-6-7-16-13/h3,5-7,10-11H,1-2,4,8-9H2,(H,17,18,19). The third kappa shape index (κ3) is 3.27. The molecule has 0 bridgehead atoms. The fourth-order valence-electron chi connectivity index (χ4n) is 2.23. The van der Waals surface area contributed by atoms with Gasteiger partial charge in [-0.05, 0) is 25.3 Å². The highest BCUT2D eigenvalue weighted by molar-refractivity contribution is 5.53. The van der Waals surface area contributed by atoms with Gasteiger partial charge in [-0.25, -0.2) is 9.97 Å². The average Bonchev–Trinajstić information content (AvgIpc) is 2.77. The molecule has 0 radical (unpaired) electrons. The summed E-state index contributed by atoms with van der Waals surface area (Å²) in [6, 6.07) is 2.21. The Balaban J connectivity index is 1.74. The van der Waals surface area contributed by atoms with E-state index < -0.39 is 0 Å². The first-order valence-corrected chi connectivity index (χ1v) is 6.85. The van der Waals surface area contributed by atoms with Gasteiger partial charge in [0.05, 0.1) is 11.9 Å². The lowest BCUT2D eigenvalue weighted by Crippen LogP contribution is -2.21. The summed E-state index contributed by atoms with van der Waals surface area (Å²) in [6.07, 6.45) is 9.89. The van der Waals surface area contributed by atoms with Crippen LogP contribution in [0.15, 0.2) is 30.9 Å². The topological polar surface area (TPSA) is 72.8 Å². The fraction of sp³-hybridized carbons (Fsp3) is 0.429. The van der Waals surface area contributed by atoms with E-state index in [1.54, 1.807) is 24.8 Å². The van der Waals surface area contributed by atoms with E-state index in [0.717, 1.165) is 43.9 Å². The van der Waals surface area contributed by atoms with Crippen LogP contribution in [-0.2, 0) is 4.74 Å². The van der Waals surface area contributed by atoms with Crippen LogP contribution in [-0.4, -0.2) is 39.2 Å². The zero-order valence-electron chi connectivity index (χ0n) is 11.2. The molecule has 1 aliphatic heterocycles. The molecule has 20 heavy (non-hydrogen) atoms. The Kier molecular flexibility index (Phi) is 4.13. The van der Waals surface area contributed by atoms with Crippen molar-refractivity contribution in [3.63, 3.8) is 0 Å². The summed E-state index contributed by atoms with van der Waals surface area (Å²) in [5, 5.41) is 3.38. The van der Waals surface area contributed by atoms with Gasteiger partial charge in [-0.2, -0.15) is 0 Å². The van der Waals surface area contributed by atoms with E-state index in [2.05, 4.69) is 25.3 Å². The summed E-state index contributed by atoms with van der Waals surface area (Å²) >= 11 is 0. The number of nitrogens with zero attached hydrogens (tertiary/aromatic N) is 4. The summed E-state index contributed by atoms with van der Waals surface area (Å²) in [5.74, 6) is 0.639. The third-order valence-electron chi connectivity index (χ3n) is 3.27. The number of aromatic nitrogens is 4. The van der Waals surface area contributed by atoms with Gasteiger partial charge in [0.25, 0.3) is 0 Å². The van der Waals surface area contributed by atoms with Gasteiger partial charge >= 0.3 is 0 Å². The van der Waals surface area contributed by atoms with E-state index in [-0.39, 0.29) is 0 Å². The lowest BCUT2D eigenvalue weighted by atomic mass is 10.1. The van der Waals surface area contributed by atoms with E-state index in [9.17, 15) is 0 Å². The molecule has 0 amide bonds. The average molecular weight is 271 g/mol. The van der Waals surface area contributed by atoms with Gasteiger partial charge in [-0.15, -0.1) is 0 Å². The molecule has 6 heteroatoms. The van der Waals surface area contributed by atoms with E-state index in [1.165, 1.54) is 0 Å². The molecule has 0 aliphatic carbocycles. The Labute approximate surface area is 117 Å². The second-order valence-corrected chi connectivity index (χ2v) is 4.74. The van der Waals surface area contributed by atoms with Crippen molar-refractivity contribution >= 4 is 5.95 Å². The van der Waals surface area contributed by atoms with Crippen molar-refractivity contribution in [2.24, 2.45) is 0 Å². The molecule has 1 aliphatic rings. The smallest absolute Gasteiger partial charge is 0.223 e. The van der Waals surface area contributed by atoms with E-state index in [4.69, 9.17) is 4.74 Å². The van der Waals surface area contributed by atoms with Gasteiger partial charge in [0, 0.05) is 37.8 Å². The van der Waals surface area contributed by atoms with Crippen LogP contribution in [0.5, 0.6) is 0 Å². The number of hydrogen-bond acceptors (Lipinski definition) is 6. The molecule has 0 aromatic carbocycles. The van der Waals surface area contributed by atoms with Crippen molar-refractivity contribution in [3.8, 4) is 11.4 Å². The van der Waals surface area contributed by atoms with E-state index >= 15 is 0 Å². The molecule has 6 nitrogen and oxygen atoms in total. The van der Waals surface area contributed by atoms with Crippen LogP contribution in [0.2, 0.25) is 0 Å². The Morgan fingerprint density at radius 2 is 2.05 bits per heavy atom. The minimum atomic E-state index is 0.370. The van der Waals surface area contributed by atoms with Crippen LogP contribution in [0.1, 0.15) is 19.3 Å². The molecule has 3 heterocycles. The lowest BCUT2D eigenvalue weighted by molar-refractivity contribution is 0.144. The molecular weight excluding hydrogens is 254 g/mol. The minimum Gasteiger partial charge on any atom is -0.381 e. The molecule has 2 aromatic rings. The fourth-order valence-corrected chi connectivity index (χ4v) is 2.23. The largest absolute Gasteiger partial charge is 0.381 e. The zero-order chi connectivity index (χ0) is 13.6. The monoisotopic (exact) mass is 271 g/mol. The molecule has 1 saturated heterocycles. The van der Waals surface area contributed by atoms with E-state index in [1.807, 2.05) is 6.07 Å². The second kappa shape index (κ2) is 6.38. The summed E-state index contributed by atoms with van der Waals surface area (Å²) in [6.45, 7) is 1.64. The van der Waals surface area contributed by atoms with E-state index in [0.29, 0.717) is 12.0 Å². The number of nitrogens with one attached hydrogen (secondary N) is 1. The van der Waals surface area contributed by atoms with Crippen molar-refractivity contribution < 1.29 is 4.74 Å². The summed E-state index contributed by atoms with van der Waals surface area (Å²) in [4.78, 5) is 17.1. The summed E-state index contributed by atoms with van der Waals surface area (Å²) in [5.41, 5.74) is 1.53. The van der Waals surface area contributed by atoms with Crippen LogP contribution in [0, 0.1) is 0 Å². The highest BCUT2D eigenvalue weighted by atomic mass is 16.5. The van der Waals surface area contributed by atoms with Crippen LogP contribution in [0.25, 0.3) is 11.4 Å². The molecule has 1 unspecified atom stereocenters. The first-order valence-electron chi connectivity index (χ1n) is 6.85. The molecule has 0 saturated carbocycles. The van der Waals surface area contributed by atoms with Crippen LogP contribution in [0.3, 0.4) is 0 Å². The summed E-state index contributed by atoms with van der Waals surface area (Å²) < 4.78 is 5.46. The Morgan fingerprint density at radius 3 is 2.95 bits per heavy atom. The van der Waals surface area contributed by atoms with Gasteiger partial charge in [0.2, 0.25) is 5.95 Å². The van der Waals surface area contributed by atoms with Gasteiger partial charge in [0.1, 0.15) is 5.69 Å². The van der Waals surface area contributed by atoms with Crippen molar-refractivity contribution in [1.29, 1.82) is 0 Å². The maximum Gasteiger partial charge on any atom is 0.223 e. The molecule has 2 aromatic heterocycles. The third-order valence-corrected chi connectivity index (χ3v) is 3.27. The maximum atomic E-state index is 5.46. The first-order chi connectivity index (χ1) is 9.92. The van der Waals surface area contributed by atoms with Gasteiger partial charge in [0.15, 0.2) is 0 Å². The number of hydrogen-bond donors (Lipinski definition) is 1. The van der Waals surface area contributed by atoms with Crippen molar-refractivity contribution in [3.05, 3.63) is 30.9 Å². The molecule has 1 fully saturated rings. The second-order valence-electron chi connectivity index (χ2n) is 4.74. The van der Waals surface area contributed by atoms with Crippen LogP contribution < -0.4 is 5.32 Å². The SMILES string of the molecule is c1cnc(-c2ccnc(NC3CCCOCC3)n2)cn1. The predicted molar refractivity (Wildman–Crippen MR) is 75.1 cm³/mol. The number of ether oxygens (including phenoxy) is 1. The van der Waals surface area contributed by atoms with Crippen molar-refractivity contribution in [1.82, 2.24) is 19.9 Å². The first kappa shape index (κ1) is 12.9. The molecule has 0 spiro atoms. The summed E-state index contributed by atoms with van der Waals surface area (Å²) in [7, 11) is 0. The maximum absolute atomic E-state index is 5.46. The zero-order valence-corrected chi connectivity index (χ0v) is 11.2. The molecule has 104 valence electrons. The normalized spacial score (nSPS) is 19.3. The predicted octanol–water partition coefficient (Wildman–Crippen LogP) is 1.91. The van der Waals surface area contributed by atoms with Crippen molar-refractivity contribution in [2.75, 3.05) is 18.5 Å².